The van der Waals surface area contributed by atoms with Crippen LogP contribution in [-0.4, -0.2) is 21.4 Å². The van der Waals surface area contributed by atoms with Gasteiger partial charge in [0.15, 0.2) is 5.79 Å². The predicted molar refractivity (Wildman–Crippen MR) is 48.2 cm³/mol. The molecule has 66 valence electrons. The molecule has 1 rings (SSSR count). The quantitative estimate of drug-likeness (QED) is 0.465. The third kappa shape index (κ3) is 1.50. The summed E-state index contributed by atoms with van der Waals surface area (Å²) in [6, 6.07) is 0. The van der Waals surface area contributed by atoms with E-state index in [4.69, 9.17) is 4.43 Å². The van der Waals surface area contributed by atoms with Gasteiger partial charge in [-0.3, -0.25) is 0 Å². The molecule has 11 heavy (non-hydrogen) atoms. The van der Waals surface area contributed by atoms with E-state index in [9.17, 15) is 5.11 Å². The molecule has 0 aromatic carbocycles. The van der Waals surface area contributed by atoms with Gasteiger partial charge in [-0.1, -0.05) is 20.3 Å². The van der Waals surface area contributed by atoms with Crippen molar-refractivity contribution in [1.29, 1.82) is 0 Å². The van der Waals surface area contributed by atoms with Gasteiger partial charge in [-0.15, -0.1) is 0 Å². The summed E-state index contributed by atoms with van der Waals surface area (Å²) in [7, 11) is 0.626. The molecular weight excluding hydrogens is 156 g/mol. The van der Waals surface area contributed by atoms with E-state index >= 15 is 0 Å². The van der Waals surface area contributed by atoms with E-state index in [0.29, 0.717) is 10.5 Å². The second kappa shape index (κ2) is 2.88. The molecule has 1 aliphatic rings. The Balaban J connectivity index is 2.74. The minimum absolute atomic E-state index is 0.0486. The topological polar surface area (TPSA) is 29.5 Å². The molecule has 1 atom stereocenters. The summed E-state index contributed by atoms with van der Waals surface area (Å²) >= 11 is 0. The highest BCUT2D eigenvalue weighted by Crippen LogP contribution is 2.43. The van der Waals surface area contributed by atoms with Crippen molar-refractivity contribution in [2.75, 3.05) is 0 Å². The molecule has 0 bridgehead atoms. The molecule has 1 unspecified atom stereocenters. The van der Waals surface area contributed by atoms with Gasteiger partial charge < -0.3 is 9.53 Å². The first-order chi connectivity index (χ1) is 5.02. The second-order valence-electron chi connectivity index (χ2n) is 4.08. The van der Waals surface area contributed by atoms with Gasteiger partial charge in [-0.2, -0.15) is 0 Å². The maximum absolute atomic E-state index is 10.0. The number of hydrogen-bond donors (Lipinski definition) is 1. The van der Waals surface area contributed by atoms with Crippen LogP contribution < -0.4 is 0 Å². The summed E-state index contributed by atoms with van der Waals surface area (Å²) in [5.41, 5.74) is -0.0486. The molecule has 0 aliphatic heterocycles. The van der Waals surface area contributed by atoms with Crippen molar-refractivity contribution in [3.63, 3.8) is 0 Å². The van der Waals surface area contributed by atoms with E-state index in [-0.39, 0.29) is 5.41 Å². The smallest absolute Gasteiger partial charge is 0.160 e. The van der Waals surface area contributed by atoms with Crippen molar-refractivity contribution in [2.24, 2.45) is 5.41 Å². The van der Waals surface area contributed by atoms with Gasteiger partial charge in [-0.05, 0) is 12.8 Å². The lowest BCUT2D eigenvalue weighted by Crippen LogP contribution is -2.48. The van der Waals surface area contributed by atoms with Crippen LogP contribution in [0.5, 0.6) is 0 Å². The fourth-order valence-electron chi connectivity index (χ4n) is 1.84. The maximum Gasteiger partial charge on any atom is 0.160 e. The minimum Gasteiger partial charge on any atom is -0.401 e. The first kappa shape index (κ1) is 9.23. The predicted octanol–water partition coefficient (Wildman–Crippen LogP) is 0.572. The van der Waals surface area contributed by atoms with Crippen LogP contribution in [0.3, 0.4) is 0 Å². The molecular formula is C8H18O2Si. The molecule has 1 aliphatic carbocycles. The number of hydrogen-bond acceptors (Lipinski definition) is 2. The van der Waals surface area contributed by atoms with Crippen molar-refractivity contribution in [2.45, 2.75) is 45.3 Å². The zero-order valence-electron chi connectivity index (χ0n) is 7.68. The van der Waals surface area contributed by atoms with Crippen molar-refractivity contribution in [3.05, 3.63) is 0 Å². The lowest BCUT2D eigenvalue weighted by atomic mass is 9.72. The Morgan fingerprint density at radius 2 is 1.82 bits per heavy atom. The average molecular weight is 174 g/mol. The van der Waals surface area contributed by atoms with E-state index in [2.05, 4.69) is 13.8 Å². The third-order valence-electron chi connectivity index (χ3n) is 2.96. The van der Waals surface area contributed by atoms with Crippen LogP contribution in [0, 0.1) is 5.41 Å². The molecule has 0 spiro atoms. The SMILES string of the molecule is CC1(C)CCCCC1(O)O[SiH3]. The minimum atomic E-state index is -0.822. The van der Waals surface area contributed by atoms with E-state index in [0.717, 1.165) is 19.3 Å². The maximum atomic E-state index is 10.0. The van der Waals surface area contributed by atoms with Gasteiger partial charge in [-0.25, -0.2) is 0 Å². The van der Waals surface area contributed by atoms with Crippen LogP contribution in [0.25, 0.3) is 0 Å². The first-order valence-corrected chi connectivity index (χ1v) is 5.11. The highest BCUT2D eigenvalue weighted by atomic mass is 28.2. The Kier molecular flexibility index (Phi) is 2.42. The Morgan fingerprint density at radius 1 is 1.27 bits per heavy atom. The summed E-state index contributed by atoms with van der Waals surface area (Å²) in [4.78, 5) is 0. The summed E-state index contributed by atoms with van der Waals surface area (Å²) in [5.74, 6) is -0.822. The molecule has 0 aromatic heterocycles. The van der Waals surface area contributed by atoms with Gasteiger partial charge in [0.25, 0.3) is 0 Å². The summed E-state index contributed by atoms with van der Waals surface area (Å²) in [6.07, 6.45) is 4.21. The first-order valence-electron chi connectivity index (χ1n) is 4.29. The van der Waals surface area contributed by atoms with Crippen LogP contribution in [0.4, 0.5) is 0 Å². The lowest BCUT2D eigenvalue weighted by molar-refractivity contribution is -0.229. The lowest BCUT2D eigenvalue weighted by Gasteiger charge is -2.45. The molecule has 0 saturated heterocycles. The van der Waals surface area contributed by atoms with Crippen molar-refractivity contribution in [3.8, 4) is 0 Å². The van der Waals surface area contributed by atoms with Gasteiger partial charge >= 0.3 is 0 Å². The molecule has 3 heteroatoms. The third-order valence-corrected chi connectivity index (χ3v) is 3.64. The van der Waals surface area contributed by atoms with E-state index in [1.54, 1.807) is 0 Å². The zero-order valence-corrected chi connectivity index (χ0v) is 9.68. The van der Waals surface area contributed by atoms with Crippen molar-refractivity contribution in [1.82, 2.24) is 0 Å². The summed E-state index contributed by atoms with van der Waals surface area (Å²) < 4.78 is 5.29. The Morgan fingerprint density at radius 3 is 2.18 bits per heavy atom. The highest BCUT2D eigenvalue weighted by molar-refractivity contribution is 5.98. The molecule has 0 amide bonds. The van der Waals surface area contributed by atoms with Crippen LogP contribution in [-0.2, 0) is 4.43 Å². The second-order valence-corrected chi connectivity index (χ2v) is 4.49. The van der Waals surface area contributed by atoms with Crippen molar-refractivity contribution < 1.29 is 9.53 Å². The standard InChI is InChI=1S/C8H18O2Si/c1-7(2)5-3-4-6-8(7,9)10-11/h9H,3-6H2,1-2,11H3. The normalized spacial score (nSPS) is 37.4. The molecule has 0 heterocycles. The van der Waals surface area contributed by atoms with E-state index in [1.165, 1.54) is 6.42 Å². The molecule has 1 N–H and O–H groups in total. The summed E-state index contributed by atoms with van der Waals surface area (Å²) in [6.45, 7) is 4.17. The van der Waals surface area contributed by atoms with Crippen LogP contribution in [0.2, 0.25) is 0 Å². The zero-order chi connectivity index (χ0) is 8.54. The Bertz CT molecular complexity index is 147. The van der Waals surface area contributed by atoms with Crippen LogP contribution in [0.15, 0.2) is 0 Å². The molecule has 0 aromatic rings. The van der Waals surface area contributed by atoms with Gasteiger partial charge in [0, 0.05) is 11.8 Å². The van der Waals surface area contributed by atoms with E-state index in [1.807, 2.05) is 0 Å². The molecule has 1 fully saturated rings. The number of rotatable bonds is 1. The van der Waals surface area contributed by atoms with Crippen LogP contribution >= 0.6 is 0 Å². The van der Waals surface area contributed by atoms with Gasteiger partial charge in [0.05, 0.1) is 0 Å². The van der Waals surface area contributed by atoms with Gasteiger partial charge in [0.2, 0.25) is 0 Å². The van der Waals surface area contributed by atoms with Crippen molar-refractivity contribution >= 4 is 10.5 Å². The highest BCUT2D eigenvalue weighted by Gasteiger charge is 2.44. The average Bonchev–Trinajstić information content (AvgIpc) is 1.95. The van der Waals surface area contributed by atoms with E-state index < -0.39 is 5.79 Å². The summed E-state index contributed by atoms with van der Waals surface area (Å²) in [5, 5.41) is 10.0. The monoisotopic (exact) mass is 174 g/mol. The molecule has 2 nitrogen and oxygen atoms in total. The Hall–Kier alpha value is 0.137. The molecule has 0 radical (unpaired) electrons. The largest absolute Gasteiger partial charge is 0.401 e. The Labute approximate surface area is 71.5 Å². The fourth-order valence-corrected chi connectivity index (χ4v) is 2.60. The number of aliphatic hydroxyl groups is 1. The van der Waals surface area contributed by atoms with Gasteiger partial charge in [0.1, 0.15) is 10.5 Å². The van der Waals surface area contributed by atoms with Crippen LogP contribution in [0.1, 0.15) is 39.5 Å². The molecule has 1 saturated carbocycles. The fraction of sp³-hybridized carbons (Fsp3) is 1.00.